The molecule has 3 heteroatoms. The summed E-state index contributed by atoms with van der Waals surface area (Å²) in [4.78, 5) is 11.0. The normalized spacial score (nSPS) is 27.4. The standard InChI is InChI=1S/C10H10O3.C2H4/c1-7-10(13-7,9(11)12)8-5-3-2-4-6-8;1-2/h2-7H,1H3,(H,11,12);1-2H2. The quantitative estimate of drug-likeness (QED) is 0.596. The first kappa shape index (κ1) is 11.5. The average Bonchev–Trinajstić information content (AvgIpc) is 2.96. The van der Waals surface area contributed by atoms with E-state index < -0.39 is 11.6 Å². The van der Waals surface area contributed by atoms with Crippen LogP contribution in [0.25, 0.3) is 0 Å². The van der Waals surface area contributed by atoms with E-state index in [9.17, 15) is 4.79 Å². The van der Waals surface area contributed by atoms with Gasteiger partial charge >= 0.3 is 5.97 Å². The minimum atomic E-state index is -1.08. The van der Waals surface area contributed by atoms with Crippen LogP contribution in [0.3, 0.4) is 0 Å². The Balaban J connectivity index is 0.000000531. The van der Waals surface area contributed by atoms with Gasteiger partial charge in [0.05, 0.1) is 0 Å². The predicted octanol–water partition coefficient (Wildman–Crippen LogP) is 2.19. The van der Waals surface area contributed by atoms with Gasteiger partial charge in [0.25, 0.3) is 0 Å². The van der Waals surface area contributed by atoms with E-state index >= 15 is 0 Å². The smallest absolute Gasteiger partial charge is 0.343 e. The van der Waals surface area contributed by atoms with Gasteiger partial charge in [0.1, 0.15) is 6.10 Å². The van der Waals surface area contributed by atoms with Gasteiger partial charge in [0, 0.05) is 0 Å². The van der Waals surface area contributed by atoms with Crippen LogP contribution in [-0.4, -0.2) is 17.2 Å². The van der Waals surface area contributed by atoms with Gasteiger partial charge in [-0.15, -0.1) is 13.2 Å². The third kappa shape index (κ3) is 1.78. The summed E-state index contributed by atoms with van der Waals surface area (Å²) < 4.78 is 5.15. The molecule has 1 aromatic rings. The molecule has 2 rings (SSSR count). The Hall–Kier alpha value is -1.61. The number of benzene rings is 1. The maximum absolute atomic E-state index is 11.0. The van der Waals surface area contributed by atoms with Crippen molar-refractivity contribution in [2.45, 2.75) is 18.6 Å². The maximum atomic E-state index is 11.0. The summed E-state index contributed by atoms with van der Waals surface area (Å²) >= 11 is 0. The van der Waals surface area contributed by atoms with Crippen LogP contribution in [-0.2, 0) is 15.1 Å². The number of hydrogen-bond acceptors (Lipinski definition) is 2. The molecule has 3 nitrogen and oxygen atoms in total. The summed E-state index contributed by atoms with van der Waals surface area (Å²) in [6, 6.07) is 9.03. The van der Waals surface area contributed by atoms with Gasteiger partial charge in [-0.2, -0.15) is 0 Å². The predicted molar refractivity (Wildman–Crippen MR) is 57.6 cm³/mol. The molecule has 1 heterocycles. The first-order valence-electron chi connectivity index (χ1n) is 4.64. The van der Waals surface area contributed by atoms with E-state index in [4.69, 9.17) is 9.84 Å². The van der Waals surface area contributed by atoms with Crippen molar-refractivity contribution in [2.24, 2.45) is 0 Å². The molecule has 1 saturated heterocycles. The molecule has 0 amide bonds. The highest BCUT2D eigenvalue weighted by Gasteiger charge is 2.61. The van der Waals surface area contributed by atoms with Gasteiger partial charge in [-0.1, -0.05) is 30.3 Å². The molecule has 1 fully saturated rings. The van der Waals surface area contributed by atoms with Crippen molar-refractivity contribution in [1.82, 2.24) is 0 Å². The van der Waals surface area contributed by atoms with Gasteiger partial charge in [-0.05, 0) is 12.5 Å². The molecule has 2 atom stereocenters. The van der Waals surface area contributed by atoms with Crippen LogP contribution in [0, 0.1) is 0 Å². The molecule has 80 valence electrons. The Morgan fingerprint density at radius 2 is 1.87 bits per heavy atom. The summed E-state index contributed by atoms with van der Waals surface area (Å²) in [6.07, 6.45) is -0.229. The van der Waals surface area contributed by atoms with Crippen LogP contribution >= 0.6 is 0 Å². The van der Waals surface area contributed by atoms with Gasteiger partial charge in [0.15, 0.2) is 0 Å². The minimum Gasteiger partial charge on any atom is -0.479 e. The van der Waals surface area contributed by atoms with Crippen LogP contribution in [0.15, 0.2) is 43.5 Å². The second-order valence-electron chi connectivity index (χ2n) is 3.17. The molecule has 0 spiro atoms. The van der Waals surface area contributed by atoms with E-state index in [0.29, 0.717) is 0 Å². The lowest BCUT2D eigenvalue weighted by Crippen LogP contribution is -2.23. The molecule has 0 radical (unpaired) electrons. The zero-order valence-electron chi connectivity index (χ0n) is 8.64. The summed E-state index contributed by atoms with van der Waals surface area (Å²) in [5.41, 5.74) is -0.364. The Labute approximate surface area is 89.0 Å². The summed E-state index contributed by atoms with van der Waals surface area (Å²) in [5, 5.41) is 9.00. The molecular weight excluding hydrogens is 192 g/mol. The number of hydrogen-bond donors (Lipinski definition) is 1. The van der Waals surface area contributed by atoms with Crippen LogP contribution in [0.5, 0.6) is 0 Å². The molecular formula is C12H14O3. The zero-order valence-corrected chi connectivity index (χ0v) is 8.64. The first-order valence-corrected chi connectivity index (χ1v) is 4.64. The second kappa shape index (κ2) is 4.28. The van der Waals surface area contributed by atoms with E-state index in [0.717, 1.165) is 5.56 Å². The molecule has 1 aliphatic rings. The van der Waals surface area contributed by atoms with E-state index in [1.165, 1.54) is 0 Å². The van der Waals surface area contributed by atoms with E-state index in [1.807, 2.05) is 18.2 Å². The van der Waals surface area contributed by atoms with Crippen molar-refractivity contribution in [3.8, 4) is 0 Å². The van der Waals surface area contributed by atoms with Crippen LogP contribution in [0.1, 0.15) is 12.5 Å². The molecule has 0 aromatic heterocycles. The largest absolute Gasteiger partial charge is 0.479 e. The molecule has 0 aliphatic carbocycles. The third-order valence-corrected chi connectivity index (χ3v) is 2.40. The van der Waals surface area contributed by atoms with Gasteiger partial charge < -0.3 is 9.84 Å². The number of ether oxygens (including phenoxy) is 1. The van der Waals surface area contributed by atoms with Crippen molar-refractivity contribution in [1.29, 1.82) is 0 Å². The van der Waals surface area contributed by atoms with Crippen molar-refractivity contribution in [3.05, 3.63) is 49.1 Å². The molecule has 1 aliphatic heterocycles. The highest BCUT2D eigenvalue weighted by atomic mass is 16.6. The number of rotatable bonds is 2. The summed E-state index contributed by atoms with van der Waals surface area (Å²) in [6.45, 7) is 7.76. The Morgan fingerprint density at radius 1 is 1.40 bits per heavy atom. The van der Waals surface area contributed by atoms with Crippen molar-refractivity contribution >= 4 is 5.97 Å². The Bertz CT molecular complexity index is 347. The van der Waals surface area contributed by atoms with Crippen molar-refractivity contribution in [3.63, 3.8) is 0 Å². The fraction of sp³-hybridized carbons (Fsp3) is 0.250. The summed E-state index contributed by atoms with van der Waals surface area (Å²) in [5.74, 6) is -0.911. The fourth-order valence-corrected chi connectivity index (χ4v) is 1.58. The van der Waals surface area contributed by atoms with Gasteiger partial charge in [-0.25, -0.2) is 4.79 Å². The topological polar surface area (TPSA) is 49.8 Å². The molecule has 1 N–H and O–H groups in total. The third-order valence-electron chi connectivity index (χ3n) is 2.40. The maximum Gasteiger partial charge on any atom is 0.343 e. The Morgan fingerprint density at radius 3 is 2.20 bits per heavy atom. The molecule has 15 heavy (non-hydrogen) atoms. The molecule has 1 aromatic carbocycles. The second-order valence-corrected chi connectivity index (χ2v) is 3.17. The molecule has 0 saturated carbocycles. The molecule has 2 unspecified atom stereocenters. The van der Waals surface area contributed by atoms with Gasteiger partial charge in [-0.3, -0.25) is 0 Å². The van der Waals surface area contributed by atoms with E-state index in [-0.39, 0.29) is 6.10 Å². The van der Waals surface area contributed by atoms with Crippen LogP contribution in [0.2, 0.25) is 0 Å². The lowest BCUT2D eigenvalue weighted by molar-refractivity contribution is -0.143. The number of carboxylic acid groups (broad SMARTS) is 1. The molecule has 0 bridgehead atoms. The fourth-order valence-electron chi connectivity index (χ4n) is 1.58. The van der Waals surface area contributed by atoms with E-state index in [2.05, 4.69) is 13.2 Å². The summed E-state index contributed by atoms with van der Waals surface area (Å²) in [7, 11) is 0. The SMILES string of the molecule is C=C.CC1OC1(C(=O)O)c1ccccc1. The zero-order chi connectivity index (χ0) is 11.5. The van der Waals surface area contributed by atoms with E-state index in [1.54, 1.807) is 19.1 Å². The Kier molecular flexibility index (Phi) is 3.27. The van der Waals surface area contributed by atoms with Crippen LogP contribution in [0.4, 0.5) is 0 Å². The van der Waals surface area contributed by atoms with Crippen molar-refractivity contribution in [2.75, 3.05) is 0 Å². The average molecular weight is 206 g/mol. The highest BCUT2D eigenvalue weighted by Crippen LogP contribution is 2.46. The number of epoxide rings is 1. The van der Waals surface area contributed by atoms with Crippen LogP contribution < -0.4 is 0 Å². The first-order chi connectivity index (χ1) is 7.18. The minimum absolute atomic E-state index is 0.229. The number of carboxylic acids is 1. The monoisotopic (exact) mass is 206 g/mol. The lowest BCUT2D eigenvalue weighted by Gasteiger charge is -2.06. The van der Waals surface area contributed by atoms with Gasteiger partial charge in [0.2, 0.25) is 5.60 Å². The number of aliphatic carboxylic acids is 1. The lowest BCUT2D eigenvalue weighted by atomic mass is 9.96. The van der Waals surface area contributed by atoms with Crippen molar-refractivity contribution < 1.29 is 14.6 Å². The number of carbonyl (C=O) groups is 1. The highest BCUT2D eigenvalue weighted by molar-refractivity contribution is 5.83.